The van der Waals surface area contributed by atoms with Crippen LogP contribution in [0.3, 0.4) is 0 Å². The van der Waals surface area contributed by atoms with Gasteiger partial charge in [0.15, 0.2) is 0 Å². The van der Waals surface area contributed by atoms with Gasteiger partial charge in [-0.15, -0.1) is 0 Å². The van der Waals surface area contributed by atoms with Gasteiger partial charge >= 0.3 is 0 Å². The van der Waals surface area contributed by atoms with E-state index in [2.05, 4.69) is 35.4 Å². The number of hydrogen-bond donors (Lipinski definition) is 0. The van der Waals surface area contributed by atoms with Crippen LogP contribution in [0, 0.1) is 6.92 Å². The molecule has 3 aromatic heterocycles. The van der Waals surface area contributed by atoms with E-state index in [1.807, 2.05) is 30.1 Å². The molecule has 0 saturated carbocycles. The topological polar surface area (TPSA) is 35.6 Å². The molecule has 0 bridgehead atoms. The van der Waals surface area contributed by atoms with Crippen molar-refractivity contribution in [3.63, 3.8) is 0 Å². The Kier molecular flexibility index (Phi) is 3.96. The first-order chi connectivity index (χ1) is 10.5. The lowest BCUT2D eigenvalue weighted by Crippen LogP contribution is -2.06. The Hall–Kier alpha value is -1.81. The summed E-state index contributed by atoms with van der Waals surface area (Å²) in [7, 11) is 1.99. The van der Waals surface area contributed by atoms with Crippen molar-refractivity contribution in [2.24, 2.45) is 7.05 Å². The molecule has 0 aliphatic carbocycles. The summed E-state index contributed by atoms with van der Waals surface area (Å²) in [5, 5.41) is 6.34. The molecule has 0 aliphatic heterocycles. The van der Waals surface area contributed by atoms with E-state index in [1.165, 1.54) is 5.56 Å². The van der Waals surface area contributed by atoms with E-state index in [4.69, 9.17) is 11.6 Å². The third-order valence-corrected chi connectivity index (χ3v) is 4.38. The summed E-state index contributed by atoms with van der Waals surface area (Å²) in [5.41, 5.74) is 3.31. The molecule has 0 fully saturated rings. The highest BCUT2D eigenvalue weighted by atomic mass is 35.5. The predicted octanol–water partition coefficient (Wildman–Crippen LogP) is 4.62. The average molecular weight is 317 g/mol. The maximum Gasteiger partial charge on any atom is 0.145 e. The molecule has 0 aromatic carbocycles. The van der Waals surface area contributed by atoms with Gasteiger partial charge in [0.05, 0.1) is 10.7 Å². The molecule has 22 heavy (non-hydrogen) atoms. The summed E-state index contributed by atoms with van der Waals surface area (Å²) in [6.45, 7) is 6.57. The molecule has 0 spiro atoms. The maximum atomic E-state index is 6.04. The third kappa shape index (κ3) is 2.41. The second-order valence-corrected chi connectivity index (χ2v) is 6.32. The van der Waals surface area contributed by atoms with Gasteiger partial charge < -0.3 is 0 Å². The average Bonchev–Trinajstić information content (AvgIpc) is 2.98. The number of rotatable bonds is 4. The van der Waals surface area contributed by atoms with Crippen LogP contribution in [0.1, 0.15) is 43.9 Å². The van der Waals surface area contributed by atoms with Crippen LogP contribution in [0.4, 0.5) is 0 Å². The molecule has 116 valence electrons. The van der Waals surface area contributed by atoms with Crippen LogP contribution >= 0.6 is 11.6 Å². The van der Waals surface area contributed by atoms with Crippen molar-refractivity contribution in [1.82, 2.24) is 19.3 Å². The second kappa shape index (κ2) is 5.76. The molecular weight excluding hydrogens is 296 g/mol. The molecular formula is C17H21ClN4. The van der Waals surface area contributed by atoms with Gasteiger partial charge in [-0.2, -0.15) is 5.10 Å². The minimum Gasteiger partial charge on any atom is -0.285 e. The zero-order valence-electron chi connectivity index (χ0n) is 13.5. The van der Waals surface area contributed by atoms with Crippen LogP contribution < -0.4 is 0 Å². The largest absolute Gasteiger partial charge is 0.285 e. The molecule has 0 saturated heterocycles. The summed E-state index contributed by atoms with van der Waals surface area (Å²) in [6.07, 6.45) is 6.05. The fraction of sp³-hybridized carbons (Fsp3) is 0.412. The Morgan fingerprint density at radius 2 is 2.14 bits per heavy atom. The number of nitrogens with zero attached hydrogens (tertiary/aromatic N) is 4. The highest BCUT2D eigenvalue weighted by Gasteiger charge is 2.21. The molecule has 5 heteroatoms. The first-order valence-corrected chi connectivity index (χ1v) is 8.07. The Morgan fingerprint density at radius 1 is 1.36 bits per heavy atom. The molecule has 0 amide bonds. The first kappa shape index (κ1) is 15.1. The molecule has 1 unspecified atom stereocenters. The van der Waals surface area contributed by atoms with Gasteiger partial charge in [-0.25, -0.2) is 4.98 Å². The molecule has 3 aromatic rings. The molecule has 0 aliphatic rings. The number of aromatic nitrogens is 4. The molecule has 4 nitrogen and oxygen atoms in total. The monoisotopic (exact) mass is 316 g/mol. The van der Waals surface area contributed by atoms with Crippen molar-refractivity contribution in [1.29, 1.82) is 0 Å². The van der Waals surface area contributed by atoms with Crippen LogP contribution in [0.5, 0.6) is 0 Å². The Morgan fingerprint density at radius 3 is 2.86 bits per heavy atom. The van der Waals surface area contributed by atoms with E-state index in [-0.39, 0.29) is 0 Å². The first-order valence-electron chi connectivity index (χ1n) is 7.69. The minimum atomic E-state index is 0.471. The lowest BCUT2D eigenvalue weighted by molar-refractivity contribution is 0.655. The molecule has 3 rings (SSSR count). The molecule has 3 heterocycles. The van der Waals surface area contributed by atoms with Gasteiger partial charge in [0.2, 0.25) is 0 Å². The van der Waals surface area contributed by atoms with Crippen LogP contribution in [0.15, 0.2) is 24.5 Å². The van der Waals surface area contributed by atoms with Crippen LogP contribution in [-0.2, 0) is 7.05 Å². The summed E-state index contributed by atoms with van der Waals surface area (Å²) >= 11 is 6.04. The van der Waals surface area contributed by atoms with Crippen LogP contribution in [0.2, 0.25) is 5.02 Å². The normalized spacial score (nSPS) is 13.0. The Labute approximate surface area is 135 Å². The van der Waals surface area contributed by atoms with E-state index in [9.17, 15) is 0 Å². The lowest BCUT2D eigenvalue weighted by atomic mass is 9.96. The molecule has 0 radical (unpaired) electrons. The quantitative estimate of drug-likeness (QED) is 0.703. The number of hydrogen-bond acceptors (Lipinski definition) is 2. The Balaban J connectivity index is 2.22. The number of aryl methyl sites for hydroxylation is 2. The van der Waals surface area contributed by atoms with Gasteiger partial charge in [-0.1, -0.05) is 31.9 Å². The zero-order chi connectivity index (χ0) is 15.9. The van der Waals surface area contributed by atoms with E-state index in [1.54, 1.807) is 6.20 Å². The zero-order valence-corrected chi connectivity index (χ0v) is 14.2. The summed E-state index contributed by atoms with van der Waals surface area (Å²) in [6, 6.07) is 3.99. The highest BCUT2D eigenvalue weighted by molar-refractivity contribution is 6.31. The second-order valence-electron chi connectivity index (χ2n) is 5.89. The SMILES string of the molecule is CCCC(C)c1c(C)nn(C)c1-n1ccc2cc(Cl)cnc21. The number of pyridine rings is 1. The minimum absolute atomic E-state index is 0.471. The van der Waals surface area contributed by atoms with Crippen molar-refractivity contribution in [2.75, 3.05) is 0 Å². The van der Waals surface area contributed by atoms with Crippen molar-refractivity contribution in [3.05, 3.63) is 40.8 Å². The molecule has 1 atom stereocenters. The van der Waals surface area contributed by atoms with Gasteiger partial charge in [-0.3, -0.25) is 9.25 Å². The van der Waals surface area contributed by atoms with Crippen molar-refractivity contribution in [2.45, 2.75) is 39.5 Å². The van der Waals surface area contributed by atoms with E-state index in [0.717, 1.165) is 35.4 Å². The smallest absolute Gasteiger partial charge is 0.145 e. The van der Waals surface area contributed by atoms with Crippen molar-refractivity contribution < 1.29 is 0 Å². The summed E-state index contributed by atoms with van der Waals surface area (Å²) in [4.78, 5) is 4.50. The lowest BCUT2D eigenvalue weighted by Gasteiger charge is -2.14. The molecule has 0 N–H and O–H groups in total. The van der Waals surface area contributed by atoms with Gasteiger partial charge in [-0.05, 0) is 31.4 Å². The van der Waals surface area contributed by atoms with E-state index >= 15 is 0 Å². The van der Waals surface area contributed by atoms with Gasteiger partial charge in [0.1, 0.15) is 11.5 Å². The van der Waals surface area contributed by atoms with Gasteiger partial charge in [0.25, 0.3) is 0 Å². The van der Waals surface area contributed by atoms with Crippen molar-refractivity contribution >= 4 is 22.6 Å². The van der Waals surface area contributed by atoms with Crippen molar-refractivity contribution in [3.8, 4) is 5.82 Å². The summed E-state index contributed by atoms with van der Waals surface area (Å²) < 4.78 is 4.07. The number of fused-ring (bicyclic) bond motifs is 1. The fourth-order valence-electron chi connectivity index (χ4n) is 3.27. The van der Waals surface area contributed by atoms with Crippen LogP contribution in [0.25, 0.3) is 16.9 Å². The maximum absolute atomic E-state index is 6.04. The van der Waals surface area contributed by atoms with E-state index < -0.39 is 0 Å². The number of halogens is 1. The Bertz CT molecular complexity index is 816. The standard InChI is InChI=1S/C17H21ClN4/c1-5-6-11(2)15-12(3)20-21(4)17(15)22-8-7-13-9-14(18)10-19-16(13)22/h7-11H,5-6H2,1-4H3. The predicted molar refractivity (Wildman–Crippen MR) is 90.9 cm³/mol. The third-order valence-electron chi connectivity index (χ3n) is 4.17. The van der Waals surface area contributed by atoms with Crippen LogP contribution in [-0.4, -0.2) is 19.3 Å². The summed E-state index contributed by atoms with van der Waals surface area (Å²) in [5.74, 6) is 1.57. The van der Waals surface area contributed by atoms with Gasteiger partial charge in [0, 0.05) is 30.4 Å². The highest BCUT2D eigenvalue weighted by Crippen LogP contribution is 2.31. The van der Waals surface area contributed by atoms with E-state index in [0.29, 0.717) is 10.9 Å². The fourth-order valence-corrected chi connectivity index (χ4v) is 3.44.